The lowest BCUT2D eigenvalue weighted by Gasteiger charge is -2.21. The summed E-state index contributed by atoms with van der Waals surface area (Å²) in [5, 5.41) is 0.285. The quantitative estimate of drug-likeness (QED) is 0.211. The third-order valence-corrected chi connectivity index (χ3v) is 4.67. The molecule has 3 aromatic rings. The summed E-state index contributed by atoms with van der Waals surface area (Å²) >= 11 is 5.52. The summed E-state index contributed by atoms with van der Waals surface area (Å²) in [6.45, 7) is 1.24. The van der Waals surface area contributed by atoms with Crippen LogP contribution < -0.4 is 14.0 Å². The molecule has 6 nitrogen and oxygen atoms in total. The third kappa shape index (κ3) is 3.89. The zero-order chi connectivity index (χ0) is 19.3. The van der Waals surface area contributed by atoms with Gasteiger partial charge in [0.2, 0.25) is 11.8 Å². The van der Waals surface area contributed by atoms with Gasteiger partial charge in [-0.15, -0.1) is 0 Å². The van der Waals surface area contributed by atoms with Crippen LogP contribution in [0.15, 0.2) is 76.6 Å². The van der Waals surface area contributed by atoms with Gasteiger partial charge in [-0.1, -0.05) is 6.07 Å². The molecule has 0 saturated heterocycles. The summed E-state index contributed by atoms with van der Waals surface area (Å²) < 4.78 is 18.2. The van der Waals surface area contributed by atoms with Crippen LogP contribution in [0.4, 0.5) is 0 Å². The number of carbonyl (C=O) groups is 1. The maximum Gasteiger partial charge on any atom is 0.237 e. The van der Waals surface area contributed by atoms with Crippen molar-refractivity contribution >= 4 is 23.5 Å². The molecule has 3 heterocycles. The van der Waals surface area contributed by atoms with Crippen molar-refractivity contribution in [1.29, 1.82) is 0 Å². The van der Waals surface area contributed by atoms with Crippen molar-refractivity contribution in [2.24, 2.45) is 4.99 Å². The number of aliphatic imine (C=N–C) groups is 1. The van der Waals surface area contributed by atoms with E-state index in [0.29, 0.717) is 36.0 Å². The van der Waals surface area contributed by atoms with Crippen LogP contribution in [0.3, 0.4) is 0 Å². The van der Waals surface area contributed by atoms with Gasteiger partial charge in [-0.05, 0) is 35.4 Å². The molecule has 1 aliphatic heterocycles. The molecular formula is C21H18N2O4S. The molecule has 0 N–H and O–H groups in total. The molecule has 4 rings (SSSR count). The van der Waals surface area contributed by atoms with E-state index in [4.69, 9.17) is 26.5 Å². The lowest BCUT2D eigenvalue weighted by molar-refractivity contribution is -0.691. The second-order valence-electron chi connectivity index (χ2n) is 6.18. The van der Waals surface area contributed by atoms with E-state index in [1.54, 1.807) is 47.5 Å². The second kappa shape index (κ2) is 8.22. The number of nitrogens with zero attached hydrogens (tertiary/aromatic N) is 2. The fourth-order valence-electron chi connectivity index (χ4n) is 2.96. The van der Waals surface area contributed by atoms with Crippen LogP contribution in [0.25, 0.3) is 0 Å². The van der Waals surface area contributed by atoms with Crippen LogP contribution in [0.1, 0.15) is 22.2 Å². The number of rotatable bonds is 6. The minimum absolute atomic E-state index is 0.165. The molecule has 1 atom stereocenters. The van der Waals surface area contributed by atoms with Crippen LogP contribution >= 0.6 is 0 Å². The van der Waals surface area contributed by atoms with Crippen molar-refractivity contribution in [2.45, 2.75) is 12.6 Å². The van der Waals surface area contributed by atoms with Gasteiger partial charge in [0.05, 0.1) is 12.8 Å². The van der Waals surface area contributed by atoms with E-state index in [9.17, 15) is 4.79 Å². The second-order valence-corrected chi connectivity index (χ2v) is 6.60. The van der Waals surface area contributed by atoms with Gasteiger partial charge in [0.1, 0.15) is 19.0 Å². The number of ketones is 1. The number of hydrogen-bond donors (Lipinski definition) is 0. The summed E-state index contributed by atoms with van der Waals surface area (Å²) in [4.78, 5) is 17.8. The first-order valence-corrected chi connectivity index (χ1v) is 9.26. The van der Waals surface area contributed by atoms with E-state index in [2.05, 4.69) is 4.99 Å². The van der Waals surface area contributed by atoms with Gasteiger partial charge >= 0.3 is 0 Å². The summed E-state index contributed by atoms with van der Waals surface area (Å²) in [6.07, 6.45) is 5.18. The molecule has 0 unspecified atom stereocenters. The van der Waals surface area contributed by atoms with Crippen LogP contribution in [-0.4, -0.2) is 24.0 Å². The SMILES string of the molecule is O=C(c1ccc2c(c1)OCCO2)[C@H](C([S-])=NCc1ccco1)[n+]1ccccc1. The molecule has 2 aromatic heterocycles. The molecule has 142 valence electrons. The third-order valence-electron chi connectivity index (χ3n) is 4.32. The van der Waals surface area contributed by atoms with Crippen LogP contribution in [0.5, 0.6) is 11.5 Å². The summed E-state index contributed by atoms with van der Waals surface area (Å²) in [6, 6.07) is 13.6. The summed E-state index contributed by atoms with van der Waals surface area (Å²) in [7, 11) is 0. The Hall–Kier alpha value is -3.19. The Morgan fingerprint density at radius 1 is 1.07 bits per heavy atom. The molecule has 7 heteroatoms. The molecule has 0 amide bonds. The molecule has 1 aromatic carbocycles. The molecule has 1 aliphatic rings. The van der Waals surface area contributed by atoms with Crippen molar-refractivity contribution in [3.63, 3.8) is 0 Å². The van der Waals surface area contributed by atoms with E-state index in [0.717, 1.165) is 0 Å². The van der Waals surface area contributed by atoms with Crippen molar-refractivity contribution in [3.05, 3.63) is 78.5 Å². The first-order valence-electron chi connectivity index (χ1n) is 8.86. The van der Waals surface area contributed by atoms with Crippen LogP contribution in [-0.2, 0) is 19.2 Å². The highest BCUT2D eigenvalue weighted by Crippen LogP contribution is 2.31. The van der Waals surface area contributed by atoms with E-state index in [1.165, 1.54) is 0 Å². The maximum absolute atomic E-state index is 13.3. The number of hydrogen-bond acceptors (Lipinski definition) is 6. The average molecular weight is 394 g/mol. The number of benzene rings is 1. The highest BCUT2D eigenvalue weighted by atomic mass is 32.1. The molecule has 0 saturated carbocycles. The Bertz CT molecular complexity index is 987. The highest BCUT2D eigenvalue weighted by Gasteiger charge is 2.29. The largest absolute Gasteiger partial charge is 0.758 e. The van der Waals surface area contributed by atoms with E-state index in [-0.39, 0.29) is 17.4 Å². The first kappa shape index (κ1) is 18.2. The smallest absolute Gasteiger partial charge is 0.237 e. The van der Waals surface area contributed by atoms with Crippen molar-refractivity contribution in [3.8, 4) is 11.5 Å². The first-order chi connectivity index (χ1) is 13.7. The minimum Gasteiger partial charge on any atom is -0.758 e. The Morgan fingerprint density at radius 2 is 1.86 bits per heavy atom. The number of fused-ring (bicyclic) bond motifs is 1. The van der Waals surface area contributed by atoms with Crippen molar-refractivity contribution in [1.82, 2.24) is 0 Å². The van der Waals surface area contributed by atoms with Gasteiger partial charge < -0.3 is 31.5 Å². The average Bonchev–Trinajstić information content (AvgIpc) is 3.26. The molecule has 0 spiro atoms. The normalized spacial score (nSPS) is 14.5. The Morgan fingerprint density at radius 3 is 2.61 bits per heavy atom. The van der Waals surface area contributed by atoms with Crippen molar-refractivity contribution in [2.75, 3.05) is 13.2 Å². The standard InChI is InChI=1S/C21H18N2O4S/c24-20(15-6-7-17-18(13-15)27-12-11-26-17)19(23-8-2-1-3-9-23)21(28)22-14-16-5-4-10-25-16/h1-10,13,19H,11-12,14H2/t19-/m1/s1. The molecule has 0 fully saturated rings. The molecular weight excluding hydrogens is 376 g/mol. The number of Topliss-reactive ketones (excluding diaryl/α,β-unsaturated/α-hetero) is 1. The van der Waals surface area contributed by atoms with Gasteiger partial charge in [-0.2, -0.15) is 4.57 Å². The lowest BCUT2D eigenvalue weighted by Crippen LogP contribution is -2.47. The number of furan rings is 1. The van der Waals surface area contributed by atoms with Gasteiger partial charge in [0.25, 0.3) is 0 Å². The highest BCUT2D eigenvalue weighted by molar-refractivity contribution is 7.77. The number of pyridine rings is 1. The Balaban J connectivity index is 1.67. The molecule has 0 radical (unpaired) electrons. The van der Waals surface area contributed by atoms with Gasteiger partial charge in [0.15, 0.2) is 23.9 Å². The fourth-order valence-corrected chi connectivity index (χ4v) is 3.25. The van der Waals surface area contributed by atoms with Crippen molar-refractivity contribution < 1.29 is 23.3 Å². The monoisotopic (exact) mass is 394 g/mol. The number of aromatic nitrogens is 1. The Labute approximate surface area is 167 Å². The van der Waals surface area contributed by atoms with E-state index < -0.39 is 6.04 Å². The zero-order valence-electron chi connectivity index (χ0n) is 15.0. The Kier molecular flexibility index (Phi) is 5.34. The topological polar surface area (TPSA) is 64.9 Å². The van der Waals surface area contributed by atoms with Gasteiger partial charge in [-0.25, -0.2) is 0 Å². The fraction of sp³-hybridized carbons (Fsp3) is 0.190. The lowest BCUT2D eigenvalue weighted by atomic mass is 10.0. The predicted octanol–water partition coefficient (Wildman–Crippen LogP) is 2.91. The summed E-state index contributed by atoms with van der Waals surface area (Å²) in [5.74, 6) is 1.72. The molecule has 0 bridgehead atoms. The summed E-state index contributed by atoms with van der Waals surface area (Å²) in [5.41, 5.74) is 0.487. The number of ether oxygens (including phenoxy) is 2. The van der Waals surface area contributed by atoms with Crippen LogP contribution in [0.2, 0.25) is 0 Å². The molecule has 28 heavy (non-hydrogen) atoms. The van der Waals surface area contributed by atoms with E-state index in [1.807, 2.05) is 24.3 Å². The van der Waals surface area contributed by atoms with E-state index >= 15 is 0 Å². The van der Waals surface area contributed by atoms with Crippen LogP contribution in [0, 0.1) is 0 Å². The van der Waals surface area contributed by atoms with Gasteiger partial charge in [0, 0.05) is 17.7 Å². The predicted molar refractivity (Wildman–Crippen MR) is 105 cm³/mol. The molecule has 0 aliphatic carbocycles. The zero-order valence-corrected chi connectivity index (χ0v) is 15.8. The number of carbonyl (C=O) groups excluding carboxylic acids is 1. The minimum atomic E-state index is -0.742. The van der Waals surface area contributed by atoms with Gasteiger partial charge in [-0.3, -0.25) is 4.79 Å². The maximum atomic E-state index is 13.3.